The van der Waals surface area contributed by atoms with Gasteiger partial charge in [0.1, 0.15) is 5.82 Å². The molecule has 1 atom stereocenters. The van der Waals surface area contributed by atoms with Crippen molar-refractivity contribution in [3.8, 4) is 0 Å². The van der Waals surface area contributed by atoms with Crippen LogP contribution in [0.4, 0.5) is 4.39 Å². The molecule has 7 heteroatoms. The van der Waals surface area contributed by atoms with Gasteiger partial charge in [-0.3, -0.25) is 9.59 Å². The van der Waals surface area contributed by atoms with Crippen LogP contribution in [0.5, 0.6) is 0 Å². The van der Waals surface area contributed by atoms with E-state index in [0.717, 1.165) is 12.1 Å². The zero-order chi connectivity index (χ0) is 18.1. The molecule has 0 spiro atoms. The van der Waals surface area contributed by atoms with Gasteiger partial charge in [0, 0.05) is 25.2 Å². The second kappa shape index (κ2) is 6.59. The molecule has 2 aromatic carbocycles. The van der Waals surface area contributed by atoms with Gasteiger partial charge in [-0.1, -0.05) is 41.9 Å². The van der Waals surface area contributed by atoms with Crippen LogP contribution in [0.1, 0.15) is 21.5 Å². The molecule has 0 aromatic heterocycles. The third-order valence-corrected chi connectivity index (χ3v) is 3.89. The van der Waals surface area contributed by atoms with Crippen LogP contribution in [0, 0.1) is 5.82 Å². The number of primary amides is 1. The van der Waals surface area contributed by atoms with E-state index in [4.69, 9.17) is 17.3 Å². The first-order valence-corrected chi connectivity index (χ1v) is 7.36. The van der Waals surface area contributed by atoms with E-state index in [1.165, 1.54) is 31.1 Å². The Balaban J connectivity index is 2.76. The maximum atomic E-state index is 14.6. The van der Waals surface area contributed by atoms with Crippen LogP contribution in [0.25, 0.3) is 0 Å². The van der Waals surface area contributed by atoms with Crippen molar-refractivity contribution in [2.75, 3.05) is 14.1 Å². The quantitative estimate of drug-likeness (QED) is 0.883. The maximum absolute atomic E-state index is 14.6. The van der Waals surface area contributed by atoms with Gasteiger partial charge in [-0.15, -0.1) is 0 Å². The normalized spacial score (nSPS) is 13.2. The molecule has 0 heterocycles. The number of halogens is 2. The molecule has 3 N–H and O–H groups in total. The van der Waals surface area contributed by atoms with E-state index in [9.17, 15) is 19.1 Å². The standard InChI is InChI=1S/C17H16ClFN2O3/c1-21(2)15(22)10-8-12(14(19)13(18)9-10)17(24,16(20)23)11-6-4-3-5-7-11/h3-9,24H,1-2H3,(H2,20,23). The number of nitrogens with two attached hydrogens (primary N) is 1. The van der Waals surface area contributed by atoms with E-state index in [1.807, 2.05) is 0 Å². The van der Waals surface area contributed by atoms with Gasteiger partial charge in [-0.05, 0) is 17.7 Å². The van der Waals surface area contributed by atoms with Gasteiger partial charge in [-0.25, -0.2) is 4.39 Å². The number of rotatable bonds is 4. The molecule has 0 bridgehead atoms. The number of aliphatic hydroxyl groups is 1. The highest BCUT2D eigenvalue weighted by Crippen LogP contribution is 2.35. The van der Waals surface area contributed by atoms with E-state index in [2.05, 4.69) is 0 Å². The highest BCUT2D eigenvalue weighted by Gasteiger charge is 2.41. The average Bonchev–Trinajstić information content (AvgIpc) is 2.56. The Morgan fingerprint density at radius 2 is 1.79 bits per heavy atom. The number of carbonyl (C=O) groups is 2. The molecule has 0 radical (unpaired) electrons. The van der Waals surface area contributed by atoms with Gasteiger partial charge in [0.2, 0.25) is 0 Å². The largest absolute Gasteiger partial charge is 0.372 e. The lowest BCUT2D eigenvalue weighted by molar-refractivity contribution is -0.133. The van der Waals surface area contributed by atoms with Crippen LogP contribution in [-0.4, -0.2) is 35.9 Å². The Bertz CT molecular complexity index is 796. The smallest absolute Gasteiger partial charge is 0.258 e. The molecular formula is C17H16ClFN2O3. The predicted molar refractivity (Wildman–Crippen MR) is 88.1 cm³/mol. The summed E-state index contributed by atoms with van der Waals surface area (Å²) in [4.78, 5) is 25.4. The fraction of sp³-hybridized carbons (Fsp3) is 0.176. The lowest BCUT2D eigenvalue weighted by Gasteiger charge is -2.27. The molecule has 0 aliphatic heterocycles. The Hall–Kier alpha value is -2.44. The van der Waals surface area contributed by atoms with Crippen LogP contribution in [-0.2, 0) is 10.4 Å². The molecule has 0 aliphatic rings. The highest BCUT2D eigenvalue weighted by atomic mass is 35.5. The lowest BCUT2D eigenvalue weighted by atomic mass is 9.84. The van der Waals surface area contributed by atoms with Crippen molar-refractivity contribution in [2.45, 2.75) is 5.60 Å². The summed E-state index contributed by atoms with van der Waals surface area (Å²) < 4.78 is 14.6. The van der Waals surface area contributed by atoms with E-state index in [-0.39, 0.29) is 11.1 Å². The summed E-state index contributed by atoms with van der Waals surface area (Å²) in [5, 5.41) is 10.5. The topological polar surface area (TPSA) is 83.6 Å². The van der Waals surface area contributed by atoms with E-state index < -0.39 is 33.8 Å². The summed E-state index contributed by atoms with van der Waals surface area (Å²) in [6.45, 7) is 0. The maximum Gasteiger partial charge on any atom is 0.258 e. The SMILES string of the molecule is CN(C)C(=O)c1cc(Cl)c(F)c(C(O)(C(N)=O)c2ccccc2)c1. The first-order chi connectivity index (χ1) is 11.2. The molecule has 24 heavy (non-hydrogen) atoms. The van der Waals surface area contributed by atoms with Crippen LogP contribution >= 0.6 is 11.6 Å². The van der Waals surface area contributed by atoms with Gasteiger partial charge < -0.3 is 15.7 Å². The van der Waals surface area contributed by atoms with E-state index >= 15 is 0 Å². The van der Waals surface area contributed by atoms with Gasteiger partial charge >= 0.3 is 0 Å². The second-order valence-electron chi connectivity index (χ2n) is 5.46. The molecule has 0 saturated heterocycles. The Labute approximate surface area is 143 Å². The molecule has 1 unspecified atom stereocenters. The second-order valence-corrected chi connectivity index (χ2v) is 5.87. The molecule has 126 valence electrons. The minimum atomic E-state index is -2.46. The van der Waals surface area contributed by atoms with Crippen LogP contribution in [0.3, 0.4) is 0 Å². The first kappa shape index (κ1) is 17.9. The number of benzene rings is 2. The van der Waals surface area contributed by atoms with Gasteiger partial charge in [0.25, 0.3) is 11.8 Å². The summed E-state index contributed by atoms with van der Waals surface area (Å²) in [5.41, 5.74) is 2.51. The predicted octanol–water partition coefficient (Wildman–Crippen LogP) is 1.90. The van der Waals surface area contributed by atoms with E-state index in [0.29, 0.717) is 0 Å². The summed E-state index contributed by atoms with van der Waals surface area (Å²) >= 11 is 5.86. The van der Waals surface area contributed by atoms with Crippen molar-refractivity contribution in [2.24, 2.45) is 5.73 Å². The fourth-order valence-electron chi connectivity index (χ4n) is 2.34. The summed E-state index contributed by atoms with van der Waals surface area (Å²) in [6, 6.07) is 9.88. The summed E-state index contributed by atoms with van der Waals surface area (Å²) in [6.07, 6.45) is 0. The van der Waals surface area contributed by atoms with Crippen LogP contribution < -0.4 is 5.73 Å². The summed E-state index contributed by atoms with van der Waals surface area (Å²) in [5.74, 6) is -2.66. The zero-order valence-electron chi connectivity index (χ0n) is 13.1. The molecular weight excluding hydrogens is 335 g/mol. The molecule has 5 nitrogen and oxygen atoms in total. The van der Waals surface area contributed by atoms with Crippen molar-refractivity contribution in [3.63, 3.8) is 0 Å². The fourth-order valence-corrected chi connectivity index (χ4v) is 2.56. The average molecular weight is 351 g/mol. The summed E-state index contributed by atoms with van der Waals surface area (Å²) in [7, 11) is 3.02. The van der Waals surface area contributed by atoms with Gasteiger partial charge in [0.05, 0.1) is 5.02 Å². The Kier molecular flexibility index (Phi) is 4.91. The van der Waals surface area contributed by atoms with E-state index in [1.54, 1.807) is 18.2 Å². The lowest BCUT2D eigenvalue weighted by Crippen LogP contribution is -2.43. The zero-order valence-corrected chi connectivity index (χ0v) is 13.8. The molecule has 0 saturated carbocycles. The third kappa shape index (κ3) is 2.98. The molecule has 2 aromatic rings. The van der Waals surface area contributed by atoms with Crippen LogP contribution in [0.15, 0.2) is 42.5 Å². The van der Waals surface area contributed by atoms with Crippen molar-refractivity contribution in [3.05, 3.63) is 70.0 Å². The molecule has 0 aliphatic carbocycles. The number of hydrogen-bond acceptors (Lipinski definition) is 3. The van der Waals surface area contributed by atoms with Crippen LogP contribution in [0.2, 0.25) is 5.02 Å². The molecule has 2 rings (SSSR count). The molecule has 2 amide bonds. The Morgan fingerprint density at radius 3 is 2.29 bits per heavy atom. The van der Waals surface area contributed by atoms with Crippen molar-refractivity contribution < 1.29 is 19.1 Å². The first-order valence-electron chi connectivity index (χ1n) is 6.98. The number of nitrogens with zero attached hydrogens (tertiary/aromatic N) is 1. The number of hydrogen-bond donors (Lipinski definition) is 2. The van der Waals surface area contributed by atoms with Crippen molar-refractivity contribution >= 4 is 23.4 Å². The minimum Gasteiger partial charge on any atom is -0.372 e. The minimum absolute atomic E-state index is 0.0250. The number of carbonyl (C=O) groups excluding carboxylic acids is 2. The monoisotopic (exact) mass is 350 g/mol. The van der Waals surface area contributed by atoms with Crippen molar-refractivity contribution in [1.29, 1.82) is 0 Å². The third-order valence-electron chi connectivity index (χ3n) is 3.62. The van der Waals surface area contributed by atoms with Crippen molar-refractivity contribution in [1.82, 2.24) is 4.90 Å². The van der Waals surface area contributed by atoms with Gasteiger partial charge in [-0.2, -0.15) is 0 Å². The Morgan fingerprint density at radius 1 is 1.21 bits per heavy atom. The highest BCUT2D eigenvalue weighted by molar-refractivity contribution is 6.31. The molecule has 0 fully saturated rings. The number of amides is 2. The van der Waals surface area contributed by atoms with Gasteiger partial charge in [0.15, 0.2) is 5.60 Å².